The highest BCUT2D eigenvalue weighted by Crippen LogP contribution is 2.15. The van der Waals surface area contributed by atoms with Crippen LogP contribution < -0.4 is 21.7 Å². The molecule has 2 aliphatic heterocycles. The maximum absolute atomic E-state index is 11.5. The number of hydrogen-bond acceptors (Lipinski definition) is 8. The number of carbonyl (C=O) groups excluding carboxylic acids is 2. The van der Waals surface area contributed by atoms with Gasteiger partial charge in [-0.05, 0) is 46.0 Å². The summed E-state index contributed by atoms with van der Waals surface area (Å²) >= 11 is 0. The summed E-state index contributed by atoms with van der Waals surface area (Å²) in [4.78, 5) is 22.9. The topological polar surface area (TPSA) is 101 Å². The molecular weight excluding hydrogens is 336 g/mol. The first-order chi connectivity index (χ1) is 12.2. The zero-order valence-electron chi connectivity index (χ0n) is 17.1. The molecule has 0 aromatic carbocycles. The van der Waals surface area contributed by atoms with E-state index in [1.807, 2.05) is 48.5 Å². The smallest absolute Gasteiger partial charge is 0.325 e. The zero-order valence-corrected chi connectivity index (χ0v) is 17.1. The van der Waals surface area contributed by atoms with Gasteiger partial charge in [-0.3, -0.25) is 20.4 Å². The third-order valence-electron chi connectivity index (χ3n) is 4.87. The lowest BCUT2D eigenvalue weighted by Crippen LogP contribution is -2.40. The van der Waals surface area contributed by atoms with Gasteiger partial charge in [-0.1, -0.05) is 20.8 Å². The highest BCUT2D eigenvalue weighted by Gasteiger charge is 2.36. The molecule has 0 bridgehead atoms. The Balaban J connectivity index is 0.000000260. The van der Waals surface area contributed by atoms with Gasteiger partial charge >= 0.3 is 11.9 Å². The fraction of sp³-hybridized carbons (Fsp3) is 0.889. The zero-order chi connectivity index (χ0) is 19.9. The predicted octanol–water partition coefficient (Wildman–Crippen LogP) is 0.880. The molecule has 0 radical (unpaired) electrons. The highest BCUT2D eigenvalue weighted by molar-refractivity contribution is 5.77. The maximum atomic E-state index is 11.5. The van der Waals surface area contributed by atoms with E-state index < -0.39 is 0 Å². The number of carbonyl (C=O) groups is 2. The van der Waals surface area contributed by atoms with Gasteiger partial charge in [-0.15, -0.1) is 0 Å². The number of rotatable bonds is 5. The van der Waals surface area contributed by atoms with Crippen LogP contribution in [0.4, 0.5) is 0 Å². The summed E-state index contributed by atoms with van der Waals surface area (Å²) in [7, 11) is 0. The molecule has 6 atom stereocenters. The highest BCUT2D eigenvalue weighted by atomic mass is 16.5. The van der Waals surface area contributed by atoms with Crippen molar-refractivity contribution in [1.82, 2.24) is 21.7 Å². The Hall–Kier alpha value is -1.22. The van der Waals surface area contributed by atoms with E-state index in [0.29, 0.717) is 18.7 Å². The molecule has 8 heteroatoms. The van der Waals surface area contributed by atoms with Gasteiger partial charge in [0, 0.05) is 12.1 Å². The molecule has 2 rings (SSSR count). The lowest BCUT2D eigenvalue weighted by molar-refractivity contribution is -0.150. The Morgan fingerprint density at radius 3 is 1.65 bits per heavy atom. The van der Waals surface area contributed by atoms with Crippen molar-refractivity contribution in [2.75, 3.05) is 6.61 Å². The molecule has 0 aliphatic carbocycles. The molecular formula is C18H36N4O4. The maximum Gasteiger partial charge on any atom is 0.325 e. The minimum Gasteiger partial charge on any atom is -0.464 e. The van der Waals surface area contributed by atoms with Crippen molar-refractivity contribution in [3.63, 3.8) is 0 Å². The molecule has 0 aromatic heterocycles. The van der Waals surface area contributed by atoms with Gasteiger partial charge in [0.1, 0.15) is 12.1 Å². The second kappa shape index (κ2) is 10.8. The van der Waals surface area contributed by atoms with E-state index in [4.69, 9.17) is 9.47 Å². The van der Waals surface area contributed by atoms with E-state index in [2.05, 4.69) is 21.7 Å². The molecule has 26 heavy (non-hydrogen) atoms. The quantitative estimate of drug-likeness (QED) is 0.528. The van der Waals surface area contributed by atoms with Crippen molar-refractivity contribution in [3.8, 4) is 0 Å². The molecule has 2 heterocycles. The average molecular weight is 373 g/mol. The molecule has 2 saturated heterocycles. The normalized spacial score (nSPS) is 33.5. The summed E-state index contributed by atoms with van der Waals surface area (Å²) in [5, 5.41) is 0. The van der Waals surface area contributed by atoms with Gasteiger partial charge in [0.15, 0.2) is 0 Å². The van der Waals surface area contributed by atoms with Crippen LogP contribution in [0.15, 0.2) is 0 Å². The molecule has 0 amide bonds. The van der Waals surface area contributed by atoms with Crippen molar-refractivity contribution in [2.24, 2.45) is 11.8 Å². The number of hydrazine groups is 2. The number of esters is 2. The molecule has 2 fully saturated rings. The van der Waals surface area contributed by atoms with Crippen LogP contribution in [0.1, 0.15) is 54.9 Å². The number of hydrogen-bond donors (Lipinski definition) is 4. The van der Waals surface area contributed by atoms with Crippen molar-refractivity contribution in [1.29, 1.82) is 0 Å². The Labute approximate surface area is 157 Å². The minimum atomic E-state index is -0.211. The first-order valence-electron chi connectivity index (χ1n) is 9.58. The third-order valence-corrected chi connectivity index (χ3v) is 4.87. The lowest BCUT2D eigenvalue weighted by Gasteiger charge is -2.16. The molecule has 4 N–H and O–H groups in total. The van der Waals surface area contributed by atoms with Crippen LogP contribution in [-0.4, -0.2) is 48.8 Å². The first kappa shape index (κ1) is 22.8. The summed E-state index contributed by atoms with van der Waals surface area (Å²) in [5.41, 5.74) is 11.9. The van der Waals surface area contributed by atoms with Crippen LogP contribution in [0.5, 0.6) is 0 Å². The van der Waals surface area contributed by atoms with Crippen LogP contribution in [-0.2, 0) is 19.1 Å². The average Bonchev–Trinajstić information content (AvgIpc) is 3.08. The van der Waals surface area contributed by atoms with Gasteiger partial charge in [0.05, 0.1) is 12.7 Å². The molecule has 8 nitrogen and oxygen atoms in total. The largest absolute Gasteiger partial charge is 0.464 e. The van der Waals surface area contributed by atoms with E-state index in [1.54, 1.807) is 0 Å². The second-order valence-corrected chi connectivity index (χ2v) is 7.48. The first-order valence-corrected chi connectivity index (χ1v) is 9.58. The summed E-state index contributed by atoms with van der Waals surface area (Å²) < 4.78 is 10.2. The summed E-state index contributed by atoms with van der Waals surface area (Å²) in [6, 6.07) is 0.225. The van der Waals surface area contributed by atoms with Gasteiger partial charge in [0.2, 0.25) is 0 Å². The third kappa shape index (κ3) is 6.50. The van der Waals surface area contributed by atoms with E-state index in [-0.39, 0.29) is 42.0 Å². The Bertz CT molecular complexity index is 460. The van der Waals surface area contributed by atoms with Crippen LogP contribution in [0.3, 0.4) is 0 Å². The number of ether oxygens (including phenoxy) is 2. The van der Waals surface area contributed by atoms with Crippen LogP contribution in [0.2, 0.25) is 0 Å². The SMILES string of the molecule is CC(C)OC(=O)C1NNC(C)C1C.CCCOC(=O)C1NNC(C)C1C. The van der Waals surface area contributed by atoms with E-state index in [0.717, 1.165) is 6.42 Å². The van der Waals surface area contributed by atoms with Crippen molar-refractivity contribution < 1.29 is 19.1 Å². The predicted molar refractivity (Wildman–Crippen MR) is 99.8 cm³/mol. The fourth-order valence-electron chi connectivity index (χ4n) is 2.69. The van der Waals surface area contributed by atoms with Gasteiger partial charge in [0.25, 0.3) is 0 Å². The minimum absolute atomic E-state index is 0.0441. The fourth-order valence-corrected chi connectivity index (χ4v) is 2.69. The van der Waals surface area contributed by atoms with Crippen LogP contribution in [0, 0.1) is 11.8 Å². The van der Waals surface area contributed by atoms with E-state index >= 15 is 0 Å². The van der Waals surface area contributed by atoms with Gasteiger partial charge in [-0.25, -0.2) is 10.9 Å². The number of nitrogens with one attached hydrogen (secondary N) is 4. The summed E-state index contributed by atoms with van der Waals surface area (Å²) in [6.45, 7) is 14.4. The molecule has 152 valence electrons. The lowest BCUT2D eigenvalue weighted by atomic mass is 9.98. The van der Waals surface area contributed by atoms with Crippen LogP contribution in [0.25, 0.3) is 0 Å². The molecule has 6 unspecified atom stereocenters. The van der Waals surface area contributed by atoms with Gasteiger partial charge in [-0.2, -0.15) is 0 Å². The standard InChI is InChI=1S/2C9H18N2O2/c1-5(2)13-9(12)8-6(3)7(4)10-11-8;1-4-5-13-9(12)8-6(2)7(3)10-11-8/h5-8,10-11H,1-4H3;6-8,10-11H,4-5H2,1-3H3. The van der Waals surface area contributed by atoms with E-state index in [1.165, 1.54) is 0 Å². The van der Waals surface area contributed by atoms with Crippen molar-refractivity contribution >= 4 is 11.9 Å². The second-order valence-electron chi connectivity index (χ2n) is 7.48. The Morgan fingerprint density at radius 1 is 0.846 bits per heavy atom. The Kier molecular flexibility index (Phi) is 9.49. The van der Waals surface area contributed by atoms with Crippen molar-refractivity contribution in [3.05, 3.63) is 0 Å². The Morgan fingerprint density at radius 2 is 1.31 bits per heavy atom. The molecule has 0 spiro atoms. The molecule has 0 saturated carbocycles. The van der Waals surface area contributed by atoms with Crippen LogP contribution >= 0.6 is 0 Å². The van der Waals surface area contributed by atoms with Crippen molar-refractivity contribution in [2.45, 2.75) is 85.2 Å². The van der Waals surface area contributed by atoms with E-state index in [9.17, 15) is 9.59 Å². The summed E-state index contributed by atoms with van der Waals surface area (Å²) in [5.74, 6) is 0.237. The summed E-state index contributed by atoms with van der Waals surface area (Å²) in [6.07, 6.45) is 0.827. The molecule has 2 aliphatic rings. The monoisotopic (exact) mass is 372 g/mol. The van der Waals surface area contributed by atoms with Gasteiger partial charge < -0.3 is 9.47 Å². The molecule has 0 aromatic rings.